The smallest absolute Gasteiger partial charge is 0.110 e. The van der Waals surface area contributed by atoms with Gasteiger partial charge in [-0.1, -0.05) is 18.2 Å². The van der Waals surface area contributed by atoms with Crippen LogP contribution in [0.25, 0.3) is 11.0 Å². The number of benzene rings is 1. The molecule has 0 amide bonds. The molecule has 0 fully saturated rings. The number of fused-ring (bicyclic) bond motifs is 1. The largest absolute Gasteiger partial charge is 0.387 e. The first-order valence-corrected chi connectivity index (χ1v) is 6.36. The van der Waals surface area contributed by atoms with E-state index in [1.54, 1.807) is 11.3 Å². The van der Waals surface area contributed by atoms with Crippen molar-refractivity contribution in [3.63, 3.8) is 0 Å². The predicted molar refractivity (Wildman–Crippen MR) is 69.1 cm³/mol. The third kappa shape index (κ3) is 2.09. The molecule has 0 saturated carbocycles. The highest BCUT2D eigenvalue weighted by molar-refractivity contribution is 7.10. The van der Waals surface area contributed by atoms with Crippen LogP contribution in [0.4, 0.5) is 0 Å². The van der Waals surface area contributed by atoms with Gasteiger partial charge in [-0.2, -0.15) is 0 Å². The van der Waals surface area contributed by atoms with Gasteiger partial charge in [-0.25, -0.2) is 4.98 Å². The summed E-state index contributed by atoms with van der Waals surface area (Å²) in [6, 6.07) is 11.8. The maximum Gasteiger partial charge on any atom is 0.110 e. The molecule has 2 N–H and O–H groups in total. The molecule has 86 valence electrons. The molecule has 3 nitrogen and oxygen atoms in total. The van der Waals surface area contributed by atoms with Crippen LogP contribution >= 0.6 is 11.3 Å². The topological polar surface area (TPSA) is 48.9 Å². The van der Waals surface area contributed by atoms with Crippen LogP contribution in [0.1, 0.15) is 16.8 Å². The summed E-state index contributed by atoms with van der Waals surface area (Å²) in [5.41, 5.74) is 1.96. The van der Waals surface area contributed by atoms with E-state index in [1.807, 2.05) is 41.8 Å². The number of thiophene rings is 1. The first-order valence-electron chi connectivity index (χ1n) is 5.48. The second-order valence-electron chi connectivity index (χ2n) is 3.94. The van der Waals surface area contributed by atoms with E-state index < -0.39 is 6.10 Å². The molecule has 2 aromatic heterocycles. The van der Waals surface area contributed by atoms with Crippen molar-refractivity contribution in [3.8, 4) is 0 Å². The van der Waals surface area contributed by atoms with Crippen molar-refractivity contribution in [1.29, 1.82) is 0 Å². The van der Waals surface area contributed by atoms with Crippen LogP contribution in [-0.2, 0) is 6.42 Å². The van der Waals surface area contributed by atoms with Crippen molar-refractivity contribution in [2.45, 2.75) is 12.5 Å². The number of H-pyrrole nitrogens is 1. The van der Waals surface area contributed by atoms with Gasteiger partial charge in [-0.05, 0) is 23.6 Å². The summed E-state index contributed by atoms with van der Waals surface area (Å²) in [6.45, 7) is 0. The third-order valence-electron chi connectivity index (χ3n) is 2.70. The van der Waals surface area contributed by atoms with Gasteiger partial charge in [0.2, 0.25) is 0 Å². The molecule has 0 radical (unpaired) electrons. The van der Waals surface area contributed by atoms with Crippen LogP contribution in [0.15, 0.2) is 41.8 Å². The highest BCUT2D eigenvalue weighted by Crippen LogP contribution is 2.22. The Kier molecular flexibility index (Phi) is 2.66. The Bertz CT molecular complexity index is 582. The molecule has 3 rings (SSSR count). The number of nitrogens with one attached hydrogen (secondary N) is 1. The standard InChI is InChI=1S/C13H12N2OS/c16-11(12-6-3-7-17-12)8-13-14-9-4-1-2-5-10(9)15-13/h1-7,11,16H,8H2,(H,14,15). The van der Waals surface area contributed by atoms with Crippen LogP contribution in [0.2, 0.25) is 0 Å². The molecule has 0 aliphatic rings. The number of aliphatic hydroxyl groups is 1. The van der Waals surface area contributed by atoms with Gasteiger partial charge in [-0.3, -0.25) is 0 Å². The van der Waals surface area contributed by atoms with E-state index in [-0.39, 0.29) is 0 Å². The molecule has 2 heterocycles. The van der Waals surface area contributed by atoms with Gasteiger partial charge < -0.3 is 10.1 Å². The number of hydrogen-bond acceptors (Lipinski definition) is 3. The van der Waals surface area contributed by atoms with Crippen molar-refractivity contribution < 1.29 is 5.11 Å². The average molecular weight is 244 g/mol. The van der Waals surface area contributed by atoms with Crippen LogP contribution in [0.5, 0.6) is 0 Å². The Hall–Kier alpha value is -1.65. The molecule has 0 bridgehead atoms. The zero-order valence-electron chi connectivity index (χ0n) is 9.13. The van der Waals surface area contributed by atoms with Gasteiger partial charge in [0.15, 0.2) is 0 Å². The van der Waals surface area contributed by atoms with E-state index in [4.69, 9.17) is 0 Å². The zero-order chi connectivity index (χ0) is 11.7. The molecule has 0 aliphatic carbocycles. The van der Waals surface area contributed by atoms with E-state index in [0.29, 0.717) is 6.42 Å². The number of para-hydroxylation sites is 2. The molecule has 1 atom stereocenters. The van der Waals surface area contributed by atoms with Crippen molar-refractivity contribution in [2.24, 2.45) is 0 Å². The first-order chi connectivity index (χ1) is 8.33. The second kappa shape index (κ2) is 4.31. The maximum absolute atomic E-state index is 10.0. The van der Waals surface area contributed by atoms with Gasteiger partial charge in [0.05, 0.1) is 17.1 Å². The quantitative estimate of drug-likeness (QED) is 0.744. The molecule has 3 aromatic rings. The summed E-state index contributed by atoms with van der Waals surface area (Å²) in [5, 5.41) is 12.0. The van der Waals surface area contributed by atoms with Gasteiger partial charge >= 0.3 is 0 Å². The number of nitrogens with zero attached hydrogens (tertiary/aromatic N) is 1. The number of hydrogen-bond donors (Lipinski definition) is 2. The van der Waals surface area contributed by atoms with Crippen molar-refractivity contribution in [1.82, 2.24) is 9.97 Å². The first kappa shape index (κ1) is 10.5. The van der Waals surface area contributed by atoms with Crippen LogP contribution in [0, 0.1) is 0 Å². The lowest BCUT2D eigenvalue weighted by Gasteiger charge is -2.05. The molecule has 1 unspecified atom stereocenters. The number of aromatic nitrogens is 2. The summed E-state index contributed by atoms with van der Waals surface area (Å²) in [5.74, 6) is 0.826. The van der Waals surface area contributed by atoms with Crippen molar-refractivity contribution >= 4 is 22.4 Å². The summed E-state index contributed by atoms with van der Waals surface area (Å²) >= 11 is 1.57. The summed E-state index contributed by atoms with van der Waals surface area (Å²) < 4.78 is 0. The Labute approximate surface area is 103 Å². The minimum atomic E-state index is -0.476. The number of rotatable bonds is 3. The summed E-state index contributed by atoms with van der Waals surface area (Å²) in [4.78, 5) is 8.65. The Morgan fingerprint density at radius 3 is 2.88 bits per heavy atom. The van der Waals surface area contributed by atoms with E-state index >= 15 is 0 Å². The fraction of sp³-hybridized carbons (Fsp3) is 0.154. The number of aliphatic hydroxyl groups excluding tert-OH is 1. The summed E-state index contributed by atoms with van der Waals surface area (Å²) in [6.07, 6.45) is 0.0467. The van der Waals surface area contributed by atoms with Gasteiger partial charge in [0.25, 0.3) is 0 Å². The monoisotopic (exact) mass is 244 g/mol. The number of aromatic amines is 1. The Balaban J connectivity index is 1.85. The fourth-order valence-corrected chi connectivity index (χ4v) is 2.58. The zero-order valence-corrected chi connectivity index (χ0v) is 9.95. The maximum atomic E-state index is 10.0. The molecule has 4 heteroatoms. The molecular formula is C13H12N2OS. The minimum absolute atomic E-state index is 0.476. The minimum Gasteiger partial charge on any atom is -0.387 e. The van der Waals surface area contributed by atoms with E-state index in [0.717, 1.165) is 21.7 Å². The third-order valence-corrected chi connectivity index (χ3v) is 3.67. The SMILES string of the molecule is OC(Cc1nc2ccccc2[nH]1)c1cccs1. The van der Waals surface area contributed by atoms with Gasteiger partial charge in [-0.15, -0.1) is 11.3 Å². The van der Waals surface area contributed by atoms with Gasteiger partial charge in [0.1, 0.15) is 5.82 Å². The van der Waals surface area contributed by atoms with E-state index in [1.165, 1.54) is 0 Å². The van der Waals surface area contributed by atoms with Crippen molar-refractivity contribution in [3.05, 3.63) is 52.5 Å². The Morgan fingerprint density at radius 1 is 1.24 bits per heavy atom. The van der Waals surface area contributed by atoms with Crippen molar-refractivity contribution in [2.75, 3.05) is 0 Å². The number of imidazole rings is 1. The molecule has 0 spiro atoms. The molecule has 17 heavy (non-hydrogen) atoms. The average Bonchev–Trinajstić information content (AvgIpc) is 2.97. The lowest BCUT2D eigenvalue weighted by Crippen LogP contribution is -2.00. The lowest BCUT2D eigenvalue weighted by atomic mass is 10.2. The van der Waals surface area contributed by atoms with Gasteiger partial charge in [0, 0.05) is 11.3 Å². The highest BCUT2D eigenvalue weighted by atomic mass is 32.1. The molecule has 0 saturated heterocycles. The molecule has 0 aliphatic heterocycles. The highest BCUT2D eigenvalue weighted by Gasteiger charge is 2.12. The molecule has 1 aromatic carbocycles. The second-order valence-corrected chi connectivity index (χ2v) is 4.92. The summed E-state index contributed by atoms with van der Waals surface area (Å²) in [7, 11) is 0. The van der Waals surface area contributed by atoms with Crippen LogP contribution in [0.3, 0.4) is 0 Å². The van der Waals surface area contributed by atoms with Crippen LogP contribution < -0.4 is 0 Å². The normalized spacial score (nSPS) is 13.0. The van der Waals surface area contributed by atoms with E-state index in [2.05, 4.69) is 9.97 Å². The lowest BCUT2D eigenvalue weighted by molar-refractivity contribution is 0.180. The fourth-order valence-electron chi connectivity index (χ4n) is 1.87. The van der Waals surface area contributed by atoms with Crippen LogP contribution in [-0.4, -0.2) is 15.1 Å². The van der Waals surface area contributed by atoms with E-state index in [9.17, 15) is 5.11 Å². The molecular weight excluding hydrogens is 232 g/mol. The predicted octanol–water partition coefficient (Wildman–Crippen LogP) is 2.90. The Morgan fingerprint density at radius 2 is 2.12 bits per heavy atom.